The first-order chi connectivity index (χ1) is 10.6. The van der Waals surface area contributed by atoms with Crippen LogP contribution in [0, 0.1) is 0 Å². The Morgan fingerprint density at radius 2 is 1.77 bits per heavy atom. The van der Waals surface area contributed by atoms with Crippen molar-refractivity contribution < 1.29 is 14.3 Å². The molecule has 1 aliphatic heterocycles. The Morgan fingerprint density at radius 3 is 2.32 bits per heavy atom. The Hall–Kier alpha value is -1.46. The number of hydrogen-bond donors (Lipinski definition) is 0. The van der Waals surface area contributed by atoms with Gasteiger partial charge < -0.3 is 4.74 Å². The number of allylic oxidation sites excluding steroid dienone is 2. The molecule has 0 spiro atoms. The number of ketones is 2. The molecule has 0 amide bonds. The van der Waals surface area contributed by atoms with E-state index in [2.05, 4.69) is 0 Å². The Morgan fingerprint density at radius 1 is 1.14 bits per heavy atom. The number of hydrogen-bond acceptors (Lipinski definition) is 5. The summed E-state index contributed by atoms with van der Waals surface area (Å²) in [6.07, 6.45) is 4.31. The summed E-state index contributed by atoms with van der Waals surface area (Å²) >= 11 is 3.21. The minimum absolute atomic E-state index is 0.165. The molecule has 0 atom stereocenters. The maximum absolute atomic E-state index is 12.4. The van der Waals surface area contributed by atoms with Gasteiger partial charge in [0, 0.05) is 0 Å². The Balaban J connectivity index is 2.17. The molecule has 0 unspecified atom stereocenters. The second-order valence-electron chi connectivity index (χ2n) is 4.74. The zero-order valence-electron chi connectivity index (χ0n) is 12.6. The predicted octanol–water partition coefficient (Wildman–Crippen LogP) is 3.95. The van der Waals surface area contributed by atoms with Crippen LogP contribution >= 0.6 is 23.5 Å². The highest BCUT2D eigenvalue weighted by molar-refractivity contribution is 8.22. The molecular formula is C17H18O3S2. The van der Waals surface area contributed by atoms with Gasteiger partial charge in [0.05, 0.1) is 16.9 Å². The number of benzene rings is 1. The zero-order valence-corrected chi connectivity index (χ0v) is 14.3. The molecule has 0 aliphatic carbocycles. The van der Waals surface area contributed by atoms with Crippen LogP contribution in [0.5, 0.6) is 5.75 Å². The van der Waals surface area contributed by atoms with E-state index in [9.17, 15) is 9.59 Å². The van der Waals surface area contributed by atoms with Crippen LogP contribution in [0.15, 0.2) is 40.2 Å². The third-order valence-electron chi connectivity index (χ3n) is 3.10. The van der Waals surface area contributed by atoms with E-state index < -0.39 is 0 Å². The van der Waals surface area contributed by atoms with Crippen molar-refractivity contribution >= 4 is 41.2 Å². The lowest BCUT2D eigenvalue weighted by Crippen LogP contribution is -2.11. The molecule has 22 heavy (non-hydrogen) atoms. The van der Waals surface area contributed by atoms with E-state index in [1.165, 1.54) is 13.0 Å². The predicted molar refractivity (Wildman–Crippen MR) is 94.3 cm³/mol. The number of carbonyl (C=O) groups excluding carboxylic acids is 2. The van der Waals surface area contributed by atoms with Crippen LogP contribution in [0.25, 0.3) is 6.08 Å². The molecule has 116 valence electrons. The molecule has 5 heteroatoms. The van der Waals surface area contributed by atoms with Gasteiger partial charge in [0.1, 0.15) is 5.75 Å². The monoisotopic (exact) mass is 334 g/mol. The normalized spacial score (nSPS) is 14.9. The first-order valence-corrected chi connectivity index (χ1v) is 8.96. The highest BCUT2D eigenvalue weighted by Crippen LogP contribution is 2.37. The smallest absolute Gasteiger partial charge is 0.191 e. The maximum Gasteiger partial charge on any atom is 0.191 e. The molecule has 2 rings (SSSR count). The van der Waals surface area contributed by atoms with E-state index in [4.69, 9.17) is 4.74 Å². The minimum Gasteiger partial charge on any atom is -0.497 e. The topological polar surface area (TPSA) is 43.4 Å². The van der Waals surface area contributed by atoms with Crippen LogP contribution < -0.4 is 4.74 Å². The van der Waals surface area contributed by atoms with Gasteiger partial charge in [-0.05, 0) is 48.6 Å². The average Bonchev–Trinajstić information content (AvgIpc) is 2.54. The van der Waals surface area contributed by atoms with E-state index >= 15 is 0 Å². The zero-order chi connectivity index (χ0) is 15.9. The van der Waals surface area contributed by atoms with Crippen LogP contribution in [0.4, 0.5) is 0 Å². The first-order valence-electron chi connectivity index (χ1n) is 6.99. The van der Waals surface area contributed by atoms with Gasteiger partial charge in [-0.15, -0.1) is 23.5 Å². The van der Waals surface area contributed by atoms with Crippen molar-refractivity contribution in [3.8, 4) is 5.75 Å². The molecule has 1 aromatic rings. The van der Waals surface area contributed by atoms with Gasteiger partial charge in [0.15, 0.2) is 11.6 Å². The van der Waals surface area contributed by atoms with Gasteiger partial charge in [-0.2, -0.15) is 0 Å². The van der Waals surface area contributed by atoms with Crippen LogP contribution in [0.3, 0.4) is 0 Å². The third-order valence-corrected chi connectivity index (χ3v) is 5.73. The molecule has 0 bridgehead atoms. The summed E-state index contributed by atoms with van der Waals surface area (Å²) in [6, 6.07) is 7.41. The number of rotatable bonds is 5. The van der Waals surface area contributed by atoms with E-state index in [1.807, 2.05) is 24.3 Å². The molecule has 1 aromatic carbocycles. The standard InChI is InChI=1S/C17H18O3S2/c1-12(18)16(17-21-10-3-11-22-17)15(19)9-6-13-4-7-14(20-2)8-5-13/h4-9H,3,10-11H2,1-2H3/b9-6+. The quantitative estimate of drug-likeness (QED) is 0.463. The van der Waals surface area contributed by atoms with E-state index in [-0.39, 0.29) is 11.6 Å². The second kappa shape index (κ2) is 8.25. The Kier molecular flexibility index (Phi) is 6.34. The van der Waals surface area contributed by atoms with Crippen molar-refractivity contribution in [2.75, 3.05) is 18.6 Å². The minimum atomic E-state index is -0.222. The summed E-state index contributed by atoms with van der Waals surface area (Å²) < 4.78 is 5.96. The van der Waals surface area contributed by atoms with Gasteiger partial charge in [0.2, 0.25) is 0 Å². The second-order valence-corrected chi connectivity index (χ2v) is 7.21. The van der Waals surface area contributed by atoms with E-state index in [0.717, 1.165) is 33.5 Å². The van der Waals surface area contributed by atoms with E-state index in [1.54, 1.807) is 36.7 Å². The lowest BCUT2D eigenvalue weighted by Gasteiger charge is -2.15. The highest BCUT2D eigenvalue weighted by Gasteiger charge is 2.20. The lowest BCUT2D eigenvalue weighted by molar-refractivity contribution is -0.118. The number of carbonyl (C=O) groups is 2. The SMILES string of the molecule is COc1ccc(/C=C/C(=O)C(C(C)=O)=C2SCCCS2)cc1. The fourth-order valence-electron chi connectivity index (χ4n) is 1.96. The number of Topliss-reactive ketones (excluding diaryl/α,β-unsaturated/α-hetero) is 1. The number of thioether (sulfide) groups is 2. The fraction of sp³-hybridized carbons (Fsp3) is 0.294. The van der Waals surface area contributed by atoms with Gasteiger partial charge in [0.25, 0.3) is 0 Å². The summed E-state index contributed by atoms with van der Waals surface area (Å²) in [7, 11) is 1.61. The van der Waals surface area contributed by atoms with Crippen LogP contribution in [-0.4, -0.2) is 30.2 Å². The van der Waals surface area contributed by atoms with Gasteiger partial charge in [-0.25, -0.2) is 0 Å². The van der Waals surface area contributed by atoms with Crippen molar-refractivity contribution in [1.82, 2.24) is 0 Å². The number of methoxy groups -OCH3 is 1. The molecule has 0 saturated carbocycles. The summed E-state index contributed by atoms with van der Waals surface area (Å²) in [6.45, 7) is 1.46. The van der Waals surface area contributed by atoms with Gasteiger partial charge in [-0.3, -0.25) is 9.59 Å². The van der Waals surface area contributed by atoms with Crippen LogP contribution in [0.1, 0.15) is 18.9 Å². The molecule has 0 radical (unpaired) electrons. The molecule has 3 nitrogen and oxygen atoms in total. The molecular weight excluding hydrogens is 316 g/mol. The molecule has 0 aromatic heterocycles. The summed E-state index contributed by atoms with van der Waals surface area (Å²) in [5, 5.41) is 0. The van der Waals surface area contributed by atoms with Crippen molar-refractivity contribution in [3.05, 3.63) is 45.7 Å². The molecule has 1 fully saturated rings. The highest BCUT2D eigenvalue weighted by atomic mass is 32.2. The lowest BCUT2D eigenvalue weighted by atomic mass is 10.1. The average molecular weight is 334 g/mol. The molecule has 1 saturated heterocycles. The van der Waals surface area contributed by atoms with Gasteiger partial charge >= 0.3 is 0 Å². The maximum atomic E-state index is 12.4. The van der Waals surface area contributed by atoms with Crippen molar-refractivity contribution in [1.29, 1.82) is 0 Å². The third kappa shape index (κ3) is 4.52. The van der Waals surface area contributed by atoms with Gasteiger partial charge in [-0.1, -0.05) is 18.2 Å². The molecule has 1 heterocycles. The summed E-state index contributed by atoms with van der Waals surface area (Å²) in [5.41, 5.74) is 1.21. The van der Waals surface area contributed by atoms with Crippen molar-refractivity contribution in [2.24, 2.45) is 0 Å². The first kappa shape index (κ1) is 16.9. The molecule has 1 aliphatic rings. The largest absolute Gasteiger partial charge is 0.497 e. The summed E-state index contributed by atoms with van der Waals surface area (Å²) in [4.78, 5) is 24.2. The number of ether oxygens (including phenoxy) is 1. The van der Waals surface area contributed by atoms with E-state index in [0.29, 0.717) is 5.57 Å². The Labute approximate surface area is 139 Å². The summed E-state index contributed by atoms with van der Waals surface area (Å²) in [5.74, 6) is 2.31. The van der Waals surface area contributed by atoms with Crippen molar-refractivity contribution in [2.45, 2.75) is 13.3 Å². The Bertz CT molecular complexity index is 607. The molecule has 0 N–H and O–H groups in total. The fourth-order valence-corrected chi connectivity index (χ4v) is 4.70. The van der Waals surface area contributed by atoms with Crippen LogP contribution in [0.2, 0.25) is 0 Å². The van der Waals surface area contributed by atoms with Crippen molar-refractivity contribution in [3.63, 3.8) is 0 Å². The van der Waals surface area contributed by atoms with Crippen LogP contribution in [-0.2, 0) is 9.59 Å².